The highest BCUT2D eigenvalue weighted by molar-refractivity contribution is 7.94. The van der Waals surface area contributed by atoms with E-state index >= 15 is 0 Å². The molecule has 1 aliphatic carbocycles. The number of nitrogens with one attached hydrogen (secondary N) is 2. The van der Waals surface area contributed by atoms with Crippen molar-refractivity contribution in [1.82, 2.24) is 10.6 Å². The molecule has 2 rings (SSSR count). The highest BCUT2D eigenvalue weighted by Gasteiger charge is 2.39. The van der Waals surface area contributed by atoms with E-state index in [1.54, 1.807) is 0 Å². The van der Waals surface area contributed by atoms with Gasteiger partial charge in [-0.3, -0.25) is 4.79 Å². The average Bonchev–Trinajstić information content (AvgIpc) is 2.76. The molecule has 1 fully saturated rings. The third kappa shape index (κ3) is 3.96. The Morgan fingerprint density at radius 3 is 2.43 bits per heavy atom. The molecule has 0 aromatic heterocycles. The minimum absolute atomic E-state index is 0.0668. The van der Waals surface area contributed by atoms with Crippen molar-refractivity contribution >= 4 is 21.8 Å². The van der Waals surface area contributed by atoms with Gasteiger partial charge in [0.05, 0.1) is 17.2 Å². The van der Waals surface area contributed by atoms with Crippen molar-refractivity contribution in [2.75, 3.05) is 12.3 Å². The third-order valence-corrected chi connectivity index (χ3v) is 5.49. The molecule has 0 saturated heterocycles. The molecule has 1 aliphatic heterocycles. The fraction of sp³-hybridized carbons (Fsp3) is 0.692. The fourth-order valence-electron chi connectivity index (χ4n) is 2.83. The molecule has 8 heteroatoms. The lowest BCUT2D eigenvalue weighted by Crippen LogP contribution is -2.49. The summed E-state index contributed by atoms with van der Waals surface area (Å²) in [4.78, 5) is 23.2. The minimum Gasteiger partial charge on any atom is -0.481 e. The zero-order valence-electron chi connectivity index (χ0n) is 11.7. The number of carbonyl (C=O) groups is 2. The molecule has 0 aromatic carbocycles. The SMILES string of the molecule is O=C(NCC1(C(=O)O)CCCCC1)NC1C=CS(=O)(=O)C1. The van der Waals surface area contributed by atoms with Crippen LogP contribution in [-0.2, 0) is 14.6 Å². The van der Waals surface area contributed by atoms with Gasteiger partial charge in [-0.15, -0.1) is 0 Å². The number of carbonyl (C=O) groups excluding carboxylic acids is 1. The molecule has 0 radical (unpaired) electrons. The molecule has 2 aliphatic rings. The van der Waals surface area contributed by atoms with Crippen LogP contribution in [0.1, 0.15) is 32.1 Å². The lowest BCUT2D eigenvalue weighted by atomic mass is 9.74. The van der Waals surface area contributed by atoms with E-state index in [4.69, 9.17) is 0 Å². The van der Waals surface area contributed by atoms with Gasteiger partial charge in [-0.2, -0.15) is 0 Å². The Bertz CT molecular complexity index is 549. The molecule has 0 aromatic rings. The van der Waals surface area contributed by atoms with Gasteiger partial charge >= 0.3 is 12.0 Å². The van der Waals surface area contributed by atoms with Crippen molar-refractivity contribution < 1.29 is 23.1 Å². The Morgan fingerprint density at radius 1 is 1.24 bits per heavy atom. The Labute approximate surface area is 123 Å². The van der Waals surface area contributed by atoms with E-state index < -0.39 is 33.3 Å². The first kappa shape index (κ1) is 15.8. The van der Waals surface area contributed by atoms with Gasteiger partial charge in [-0.05, 0) is 18.9 Å². The largest absolute Gasteiger partial charge is 0.481 e. The van der Waals surface area contributed by atoms with Crippen LogP contribution in [0.5, 0.6) is 0 Å². The van der Waals surface area contributed by atoms with Gasteiger partial charge in [0.25, 0.3) is 0 Å². The fourth-order valence-corrected chi connectivity index (χ4v) is 4.06. The number of urea groups is 1. The van der Waals surface area contributed by atoms with E-state index in [1.807, 2.05) is 0 Å². The number of carboxylic acids is 1. The number of aliphatic carboxylic acids is 1. The molecule has 1 unspecified atom stereocenters. The van der Waals surface area contributed by atoms with Crippen molar-refractivity contribution in [1.29, 1.82) is 0 Å². The Morgan fingerprint density at radius 2 is 1.90 bits per heavy atom. The second-order valence-corrected chi connectivity index (χ2v) is 7.67. The molecular weight excluding hydrogens is 296 g/mol. The van der Waals surface area contributed by atoms with Crippen molar-refractivity contribution in [2.45, 2.75) is 38.1 Å². The van der Waals surface area contributed by atoms with Gasteiger partial charge in [0.15, 0.2) is 9.84 Å². The molecule has 21 heavy (non-hydrogen) atoms. The van der Waals surface area contributed by atoms with Crippen LogP contribution in [0.4, 0.5) is 4.79 Å². The Kier molecular flexibility index (Phi) is 4.55. The van der Waals surface area contributed by atoms with Gasteiger partial charge in [-0.25, -0.2) is 13.2 Å². The maximum absolute atomic E-state index is 11.8. The van der Waals surface area contributed by atoms with Crippen LogP contribution >= 0.6 is 0 Å². The summed E-state index contributed by atoms with van der Waals surface area (Å²) in [7, 11) is -3.22. The molecule has 1 heterocycles. The summed E-state index contributed by atoms with van der Waals surface area (Å²) < 4.78 is 22.5. The highest BCUT2D eigenvalue weighted by Crippen LogP contribution is 2.35. The molecule has 1 atom stereocenters. The summed E-state index contributed by atoms with van der Waals surface area (Å²) in [6, 6.07) is -1.09. The lowest BCUT2D eigenvalue weighted by molar-refractivity contribution is -0.150. The quantitative estimate of drug-likeness (QED) is 0.704. The Balaban J connectivity index is 1.85. The second kappa shape index (κ2) is 6.05. The number of carboxylic acid groups (broad SMARTS) is 1. The van der Waals surface area contributed by atoms with Crippen molar-refractivity contribution in [3.05, 3.63) is 11.5 Å². The van der Waals surface area contributed by atoms with Crippen molar-refractivity contribution in [3.8, 4) is 0 Å². The first-order valence-electron chi connectivity index (χ1n) is 7.02. The maximum Gasteiger partial charge on any atom is 0.315 e. The van der Waals surface area contributed by atoms with Crippen LogP contribution in [0.25, 0.3) is 0 Å². The predicted octanol–water partition coefficient (Wildman–Crippen LogP) is 0.631. The number of amides is 2. The number of hydrogen-bond donors (Lipinski definition) is 3. The molecule has 0 spiro atoms. The standard InChI is InChI=1S/C13H20N2O5S/c16-11(17)13(5-2-1-3-6-13)9-14-12(18)15-10-4-7-21(19,20)8-10/h4,7,10H,1-3,5-6,8-9H2,(H,16,17)(H2,14,15,18). The van der Waals surface area contributed by atoms with E-state index in [-0.39, 0.29) is 12.3 Å². The molecule has 118 valence electrons. The Hall–Kier alpha value is -1.57. The zero-order chi connectivity index (χ0) is 15.5. The van der Waals surface area contributed by atoms with E-state index in [9.17, 15) is 23.1 Å². The average molecular weight is 316 g/mol. The van der Waals surface area contributed by atoms with Gasteiger partial charge in [0.1, 0.15) is 0 Å². The first-order valence-corrected chi connectivity index (χ1v) is 8.73. The van der Waals surface area contributed by atoms with Crippen LogP contribution in [0.15, 0.2) is 11.5 Å². The van der Waals surface area contributed by atoms with Gasteiger partial charge in [0.2, 0.25) is 0 Å². The summed E-state index contributed by atoms with van der Waals surface area (Å²) in [5.41, 5.74) is -0.896. The van der Waals surface area contributed by atoms with Crippen LogP contribution < -0.4 is 10.6 Å². The number of hydrogen-bond acceptors (Lipinski definition) is 4. The summed E-state index contributed by atoms with van der Waals surface area (Å²) in [6.07, 6.45) is 5.24. The zero-order valence-corrected chi connectivity index (χ0v) is 12.5. The summed E-state index contributed by atoms with van der Waals surface area (Å²) in [6.45, 7) is 0.0668. The normalized spacial score (nSPS) is 26.2. The van der Waals surface area contributed by atoms with Gasteiger partial charge in [-0.1, -0.05) is 19.3 Å². The van der Waals surface area contributed by atoms with Crippen molar-refractivity contribution in [3.63, 3.8) is 0 Å². The number of rotatable bonds is 4. The topological polar surface area (TPSA) is 113 Å². The van der Waals surface area contributed by atoms with Crippen LogP contribution in [0, 0.1) is 5.41 Å². The summed E-state index contributed by atoms with van der Waals surface area (Å²) in [5, 5.41) is 15.6. The van der Waals surface area contributed by atoms with Gasteiger partial charge < -0.3 is 15.7 Å². The maximum atomic E-state index is 11.8. The molecule has 1 saturated carbocycles. The number of sulfone groups is 1. The smallest absolute Gasteiger partial charge is 0.315 e. The monoisotopic (exact) mass is 316 g/mol. The van der Waals surface area contributed by atoms with Crippen LogP contribution in [0.3, 0.4) is 0 Å². The molecule has 0 bridgehead atoms. The lowest BCUT2D eigenvalue weighted by Gasteiger charge is -2.33. The van der Waals surface area contributed by atoms with Crippen molar-refractivity contribution in [2.24, 2.45) is 5.41 Å². The molecule has 2 amide bonds. The minimum atomic E-state index is -3.22. The third-order valence-electron chi connectivity index (χ3n) is 4.10. The molecular formula is C13H20N2O5S. The first-order chi connectivity index (χ1) is 9.83. The second-order valence-electron chi connectivity index (χ2n) is 5.74. The summed E-state index contributed by atoms with van der Waals surface area (Å²) >= 11 is 0. The highest BCUT2D eigenvalue weighted by atomic mass is 32.2. The summed E-state index contributed by atoms with van der Waals surface area (Å²) in [5.74, 6) is -1.03. The van der Waals surface area contributed by atoms with E-state index in [2.05, 4.69) is 10.6 Å². The molecule has 3 N–H and O–H groups in total. The van der Waals surface area contributed by atoms with E-state index in [1.165, 1.54) is 6.08 Å². The van der Waals surface area contributed by atoms with Crippen LogP contribution in [-0.4, -0.2) is 43.9 Å². The van der Waals surface area contributed by atoms with Crippen LogP contribution in [0.2, 0.25) is 0 Å². The molecule has 7 nitrogen and oxygen atoms in total. The van der Waals surface area contributed by atoms with E-state index in [0.29, 0.717) is 12.8 Å². The predicted molar refractivity (Wildman–Crippen MR) is 76.4 cm³/mol. The van der Waals surface area contributed by atoms with Gasteiger partial charge in [0, 0.05) is 12.0 Å². The van der Waals surface area contributed by atoms with E-state index in [0.717, 1.165) is 24.7 Å².